The van der Waals surface area contributed by atoms with Gasteiger partial charge in [0.1, 0.15) is 11.5 Å². The van der Waals surface area contributed by atoms with Crippen molar-refractivity contribution in [2.45, 2.75) is 26.3 Å². The average molecular weight is 140 g/mol. The van der Waals surface area contributed by atoms with Crippen molar-refractivity contribution < 1.29 is 4.52 Å². The molecule has 0 radical (unpaired) electrons. The van der Waals surface area contributed by atoms with Gasteiger partial charge in [-0.15, -0.1) is 0 Å². The van der Waals surface area contributed by atoms with E-state index in [1.165, 1.54) is 0 Å². The van der Waals surface area contributed by atoms with Crippen LogP contribution in [0.15, 0.2) is 10.6 Å². The van der Waals surface area contributed by atoms with Crippen LogP contribution in [0, 0.1) is 6.92 Å². The molecular formula is C7H12N2O. The largest absolute Gasteiger partial charge is 0.361 e. The van der Waals surface area contributed by atoms with E-state index in [9.17, 15) is 0 Å². The molecular weight excluding hydrogens is 128 g/mol. The van der Waals surface area contributed by atoms with E-state index in [4.69, 9.17) is 10.3 Å². The molecule has 3 heteroatoms. The normalized spacial score (nSPS) is 12.0. The van der Waals surface area contributed by atoms with Gasteiger partial charge in [0, 0.05) is 6.07 Å². The highest BCUT2D eigenvalue weighted by Crippen LogP contribution is 2.15. The number of aryl methyl sites for hydroxylation is 1. The Morgan fingerprint density at radius 3 is 2.40 bits per heavy atom. The van der Waals surface area contributed by atoms with E-state index in [0.29, 0.717) is 0 Å². The van der Waals surface area contributed by atoms with Crippen molar-refractivity contribution in [3.8, 4) is 0 Å². The molecule has 1 aromatic rings. The maximum atomic E-state index is 5.75. The summed E-state index contributed by atoms with van der Waals surface area (Å²) in [7, 11) is 0. The SMILES string of the molecule is Cc1cc(C(C)(C)N)no1. The third-order valence-electron chi connectivity index (χ3n) is 1.29. The third kappa shape index (κ3) is 1.36. The molecule has 1 aromatic heterocycles. The summed E-state index contributed by atoms with van der Waals surface area (Å²) < 4.78 is 4.86. The molecule has 10 heavy (non-hydrogen) atoms. The Morgan fingerprint density at radius 2 is 2.20 bits per heavy atom. The van der Waals surface area contributed by atoms with Crippen LogP contribution in [0.5, 0.6) is 0 Å². The van der Waals surface area contributed by atoms with Gasteiger partial charge in [0.15, 0.2) is 0 Å². The predicted octanol–water partition coefficient (Wildman–Crippen LogP) is 1.18. The summed E-state index contributed by atoms with van der Waals surface area (Å²) in [5, 5.41) is 3.79. The van der Waals surface area contributed by atoms with Crippen molar-refractivity contribution in [3.05, 3.63) is 17.5 Å². The minimum Gasteiger partial charge on any atom is -0.361 e. The van der Waals surface area contributed by atoms with Gasteiger partial charge in [-0.05, 0) is 20.8 Å². The van der Waals surface area contributed by atoms with Crippen molar-refractivity contribution in [2.24, 2.45) is 5.73 Å². The van der Waals surface area contributed by atoms with Crippen LogP contribution in [0.2, 0.25) is 0 Å². The molecule has 3 nitrogen and oxygen atoms in total. The van der Waals surface area contributed by atoms with E-state index in [1.54, 1.807) is 0 Å². The number of aromatic nitrogens is 1. The summed E-state index contributed by atoms with van der Waals surface area (Å²) in [5.74, 6) is 0.800. The molecule has 1 rings (SSSR count). The lowest BCUT2D eigenvalue weighted by Crippen LogP contribution is -2.28. The fourth-order valence-electron chi connectivity index (χ4n) is 0.670. The van der Waals surface area contributed by atoms with Gasteiger partial charge in [-0.3, -0.25) is 0 Å². The maximum Gasteiger partial charge on any atom is 0.134 e. The smallest absolute Gasteiger partial charge is 0.134 e. The first-order chi connectivity index (χ1) is 4.50. The Kier molecular flexibility index (Phi) is 1.52. The lowest BCUT2D eigenvalue weighted by molar-refractivity contribution is 0.372. The molecule has 0 saturated carbocycles. The lowest BCUT2D eigenvalue weighted by atomic mass is 10.0. The molecule has 1 heterocycles. The second kappa shape index (κ2) is 2.09. The van der Waals surface area contributed by atoms with Crippen LogP contribution in [-0.4, -0.2) is 5.16 Å². The lowest BCUT2D eigenvalue weighted by Gasteiger charge is -2.12. The zero-order valence-electron chi connectivity index (χ0n) is 6.51. The number of rotatable bonds is 1. The Morgan fingerprint density at radius 1 is 1.60 bits per heavy atom. The van der Waals surface area contributed by atoms with E-state index in [1.807, 2.05) is 26.8 Å². The van der Waals surface area contributed by atoms with Crippen molar-refractivity contribution in [2.75, 3.05) is 0 Å². The average Bonchev–Trinajstić information content (AvgIpc) is 2.11. The first kappa shape index (κ1) is 7.28. The van der Waals surface area contributed by atoms with Gasteiger partial charge in [-0.2, -0.15) is 0 Å². The van der Waals surface area contributed by atoms with Crippen molar-refractivity contribution in [1.82, 2.24) is 5.16 Å². The molecule has 0 aromatic carbocycles. The zero-order valence-corrected chi connectivity index (χ0v) is 6.51. The van der Waals surface area contributed by atoms with Crippen LogP contribution >= 0.6 is 0 Å². The summed E-state index contributed by atoms with van der Waals surface area (Å²) in [4.78, 5) is 0. The maximum absolute atomic E-state index is 5.75. The van der Waals surface area contributed by atoms with Crippen molar-refractivity contribution in [1.29, 1.82) is 0 Å². The van der Waals surface area contributed by atoms with Gasteiger partial charge in [0.05, 0.1) is 5.54 Å². The Labute approximate surface area is 60.2 Å². The second-order valence-corrected chi connectivity index (χ2v) is 3.04. The predicted molar refractivity (Wildman–Crippen MR) is 38.5 cm³/mol. The van der Waals surface area contributed by atoms with Gasteiger partial charge in [0.2, 0.25) is 0 Å². The minimum atomic E-state index is -0.391. The first-order valence-electron chi connectivity index (χ1n) is 3.23. The van der Waals surface area contributed by atoms with Gasteiger partial charge in [-0.25, -0.2) is 0 Å². The molecule has 2 N–H and O–H groups in total. The van der Waals surface area contributed by atoms with E-state index >= 15 is 0 Å². The summed E-state index contributed by atoms with van der Waals surface area (Å²) in [6.07, 6.45) is 0. The monoisotopic (exact) mass is 140 g/mol. The molecule has 0 atom stereocenters. The second-order valence-electron chi connectivity index (χ2n) is 3.04. The van der Waals surface area contributed by atoms with Crippen LogP contribution < -0.4 is 5.73 Å². The fourth-order valence-corrected chi connectivity index (χ4v) is 0.670. The molecule has 0 aliphatic heterocycles. The third-order valence-corrected chi connectivity index (χ3v) is 1.29. The highest BCUT2D eigenvalue weighted by molar-refractivity contribution is 5.11. The molecule has 0 fully saturated rings. The van der Waals surface area contributed by atoms with Crippen molar-refractivity contribution >= 4 is 0 Å². The van der Waals surface area contributed by atoms with Gasteiger partial charge in [0.25, 0.3) is 0 Å². The Hall–Kier alpha value is -0.830. The highest BCUT2D eigenvalue weighted by atomic mass is 16.5. The quantitative estimate of drug-likeness (QED) is 0.637. The summed E-state index contributed by atoms with van der Waals surface area (Å²) in [6, 6.07) is 1.85. The fraction of sp³-hybridized carbons (Fsp3) is 0.571. The number of hydrogen-bond acceptors (Lipinski definition) is 3. The molecule has 0 unspecified atom stereocenters. The molecule has 0 aliphatic carbocycles. The topological polar surface area (TPSA) is 52.0 Å². The molecule has 0 amide bonds. The minimum absolute atomic E-state index is 0.391. The van der Waals surface area contributed by atoms with Crippen LogP contribution in [0.3, 0.4) is 0 Å². The Balaban J connectivity index is 2.96. The molecule has 0 aliphatic rings. The van der Waals surface area contributed by atoms with Crippen LogP contribution in [0.25, 0.3) is 0 Å². The van der Waals surface area contributed by atoms with Gasteiger partial charge >= 0.3 is 0 Å². The van der Waals surface area contributed by atoms with Crippen LogP contribution in [-0.2, 0) is 5.54 Å². The van der Waals surface area contributed by atoms with Gasteiger partial charge in [-0.1, -0.05) is 5.16 Å². The number of nitrogens with two attached hydrogens (primary N) is 1. The van der Waals surface area contributed by atoms with Crippen LogP contribution in [0.1, 0.15) is 25.3 Å². The van der Waals surface area contributed by atoms with Crippen LogP contribution in [0.4, 0.5) is 0 Å². The standard InChI is InChI=1S/C7H12N2O/c1-5-4-6(9-10-5)7(2,3)8/h4H,8H2,1-3H3. The molecule has 0 spiro atoms. The number of nitrogens with zero attached hydrogens (tertiary/aromatic N) is 1. The summed E-state index contributed by atoms with van der Waals surface area (Å²) >= 11 is 0. The van der Waals surface area contributed by atoms with Crippen molar-refractivity contribution in [3.63, 3.8) is 0 Å². The van der Waals surface area contributed by atoms with Gasteiger partial charge < -0.3 is 10.3 Å². The van der Waals surface area contributed by atoms with E-state index in [0.717, 1.165) is 11.5 Å². The molecule has 0 bridgehead atoms. The molecule has 56 valence electrons. The molecule has 0 saturated heterocycles. The summed E-state index contributed by atoms with van der Waals surface area (Å²) in [6.45, 7) is 5.64. The van der Waals surface area contributed by atoms with E-state index < -0.39 is 5.54 Å². The number of hydrogen-bond donors (Lipinski definition) is 1. The zero-order chi connectivity index (χ0) is 7.78. The first-order valence-corrected chi connectivity index (χ1v) is 3.23. The van der Waals surface area contributed by atoms with E-state index in [2.05, 4.69) is 5.16 Å². The summed E-state index contributed by atoms with van der Waals surface area (Å²) in [5.41, 5.74) is 6.15. The Bertz CT molecular complexity index is 222. The van der Waals surface area contributed by atoms with E-state index in [-0.39, 0.29) is 0 Å². The highest BCUT2D eigenvalue weighted by Gasteiger charge is 2.17.